The van der Waals surface area contributed by atoms with Gasteiger partial charge < -0.3 is 0 Å². The third-order valence-corrected chi connectivity index (χ3v) is 6.60. The predicted octanol–water partition coefficient (Wildman–Crippen LogP) is 3.15. The zero-order valence-electron chi connectivity index (χ0n) is 11.2. The molecule has 0 unspecified atom stereocenters. The van der Waals surface area contributed by atoms with Crippen molar-refractivity contribution < 1.29 is 9.22 Å². The second-order valence-electron chi connectivity index (χ2n) is 3.96. The van der Waals surface area contributed by atoms with E-state index in [2.05, 4.69) is 20.8 Å². The number of unbranched alkanes of at least 4 members (excludes halogenated alkanes) is 3. The Balaban J connectivity index is 3.58. The summed E-state index contributed by atoms with van der Waals surface area (Å²) >= 11 is -2.53. The molecule has 0 spiro atoms. The summed E-state index contributed by atoms with van der Waals surface area (Å²) in [4.78, 5) is 0. The van der Waals surface area contributed by atoms with Crippen molar-refractivity contribution in [3.63, 3.8) is 0 Å². The molecule has 0 aliphatic carbocycles. The van der Waals surface area contributed by atoms with Gasteiger partial charge in [-0.15, -0.1) is 0 Å². The van der Waals surface area contributed by atoms with Crippen molar-refractivity contribution >= 4 is 21.0 Å². The quantitative estimate of drug-likeness (QED) is 0.404. The molecule has 16 heavy (non-hydrogen) atoms. The molecule has 3 nitrogen and oxygen atoms in total. The van der Waals surface area contributed by atoms with Crippen LogP contribution in [0.25, 0.3) is 0 Å². The van der Waals surface area contributed by atoms with E-state index in [4.69, 9.17) is 9.22 Å². The Bertz CT molecular complexity index is 110. The van der Waals surface area contributed by atoms with E-state index < -0.39 is 21.0 Å². The van der Waals surface area contributed by atoms with Gasteiger partial charge in [0.05, 0.1) is 0 Å². The van der Waals surface area contributed by atoms with Crippen molar-refractivity contribution in [1.29, 1.82) is 0 Å². The molecule has 4 heteroatoms. The maximum absolute atomic E-state index is 5.74. The molecule has 0 saturated carbocycles. The van der Waals surface area contributed by atoms with Crippen LogP contribution in [0.15, 0.2) is 0 Å². The molecule has 0 aliphatic heterocycles. The van der Waals surface area contributed by atoms with Crippen LogP contribution in [0, 0.1) is 0 Å². The zero-order valence-corrected chi connectivity index (χ0v) is 14.5. The van der Waals surface area contributed by atoms with Crippen molar-refractivity contribution in [2.24, 2.45) is 0 Å². The van der Waals surface area contributed by atoms with Gasteiger partial charge in [0.2, 0.25) is 0 Å². The molecule has 0 rings (SSSR count). The van der Waals surface area contributed by atoms with Gasteiger partial charge in [-0.1, -0.05) is 0 Å². The zero-order chi connectivity index (χ0) is 12.1. The van der Waals surface area contributed by atoms with E-state index in [9.17, 15) is 0 Å². The summed E-state index contributed by atoms with van der Waals surface area (Å²) in [7, 11) is 0. The molecule has 98 valence electrons. The average molecular weight is 339 g/mol. The first kappa shape index (κ1) is 16.7. The van der Waals surface area contributed by atoms with Crippen molar-refractivity contribution in [2.75, 3.05) is 19.8 Å². The van der Waals surface area contributed by atoms with Gasteiger partial charge in [0.25, 0.3) is 0 Å². The standard InChI is InChI=1S/3C4H9O.Sn.H/c3*1-2-3-4-5;;/h3*2-4H2,1H3;;/q3*-1;+3;. The van der Waals surface area contributed by atoms with E-state index in [1.807, 2.05) is 0 Å². The molecule has 0 heterocycles. The molecular formula is C12H28O3Sn. The van der Waals surface area contributed by atoms with Crippen molar-refractivity contribution in [1.82, 2.24) is 0 Å². The van der Waals surface area contributed by atoms with Crippen LogP contribution in [0.5, 0.6) is 0 Å². The first-order chi connectivity index (χ1) is 7.85. The van der Waals surface area contributed by atoms with Gasteiger partial charge in [0.1, 0.15) is 0 Å². The Labute approximate surface area is 109 Å². The van der Waals surface area contributed by atoms with Crippen LogP contribution in [0.3, 0.4) is 0 Å². The predicted molar refractivity (Wildman–Crippen MR) is 69.7 cm³/mol. The first-order valence-corrected chi connectivity index (χ1v) is 10.7. The fourth-order valence-electron chi connectivity index (χ4n) is 1.12. The van der Waals surface area contributed by atoms with Gasteiger partial charge in [0, 0.05) is 0 Å². The van der Waals surface area contributed by atoms with E-state index in [-0.39, 0.29) is 0 Å². The van der Waals surface area contributed by atoms with E-state index >= 15 is 0 Å². The van der Waals surface area contributed by atoms with E-state index in [1.165, 1.54) is 19.3 Å². The van der Waals surface area contributed by atoms with E-state index in [0.717, 1.165) is 39.1 Å². The Morgan fingerprint density at radius 3 is 1.19 bits per heavy atom. The Kier molecular flexibility index (Phi) is 14.3. The van der Waals surface area contributed by atoms with Gasteiger partial charge in [-0.2, -0.15) is 0 Å². The molecule has 0 bridgehead atoms. The summed E-state index contributed by atoms with van der Waals surface area (Å²) in [6, 6.07) is 0. The summed E-state index contributed by atoms with van der Waals surface area (Å²) < 4.78 is 17.2. The number of rotatable bonds is 12. The normalized spacial score (nSPS) is 11.2. The Morgan fingerprint density at radius 2 is 0.938 bits per heavy atom. The molecule has 0 radical (unpaired) electrons. The summed E-state index contributed by atoms with van der Waals surface area (Å²) in [5.41, 5.74) is 0. The molecule has 0 atom stereocenters. The second-order valence-corrected chi connectivity index (χ2v) is 8.46. The summed E-state index contributed by atoms with van der Waals surface area (Å²) in [5.74, 6) is 0. The number of hydrogen-bond acceptors (Lipinski definition) is 3. The number of hydrogen-bond donors (Lipinski definition) is 0. The molecule has 0 N–H and O–H groups in total. The van der Waals surface area contributed by atoms with Crippen molar-refractivity contribution in [3.8, 4) is 0 Å². The van der Waals surface area contributed by atoms with Crippen LogP contribution in [0.1, 0.15) is 59.3 Å². The van der Waals surface area contributed by atoms with Crippen LogP contribution in [-0.4, -0.2) is 40.8 Å². The average Bonchev–Trinajstić information content (AvgIpc) is 2.29. The van der Waals surface area contributed by atoms with Gasteiger partial charge >= 0.3 is 109 Å². The summed E-state index contributed by atoms with van der Waals surface area (Å²) in [5, 5.41) is 0. The third kappa shape index (κ3) is 11.2. The van der Waals surface area contributed by atoms with E-state index in [1.54, 1.807) is 0 Å². The molecule has 0 amide bonds. The topological polar surface area (TPSA) is 27.7 Å². The Hall–Kier alpha value is 0.679. The SMILES string of the molecule is CCCC[O][SnH]([O]CCCC)[O]CCCC. The second kappa shape index (κ2) is 13.7. The molecule has 0 saturated heterocycles. The van der Waals surface area contributed by atoms with E-state index in [0.29, 0.717) is 0 Å². The maximum atomic E-state index is 5.74. The molecular weight excluding hydrogens is 311 g/mol. The van der Waals surface area contributed by atoms with Crippen LogP contribution >= 0.6 is 0 Å². The summed E-state index contributed by atoms with van der Waals surface area (Å²) in [6.07, 6.45) is 6.85. The molecule has 0 aromatic rings. The van der Waals surface area contributed by atoms with Crippen molar-refractivity contribution in [3.05, 3.63) is 0 Å². The van der Waals surface area contributed by atoms with Crippen LogP contribution < -0.4 is 0 Å². The molecule has 0 aromatic heterocycles. The molecule has 0 aromatic carbocycles. The first-order valence-electron chi connectivity index (χ1n) is 6.69. The van der Waals surface area contributed by atoms with Crippen LogP contribution in [-0.2, 0) is 9.22 Å². The van der Waals surface area contributed by atoms with Gasteiger partial charge in [-0.3, -0.25) is 0 Å². The Morgan fingerprint density at radius 1 is 0.625 bits per heavy atom. The van der Waals surface area contributed by atoms with Gasteiger partial charge in [-0.25, -0.2) is 0 Å². The van der Waals surface area contributed by atoms with Crippen LogP contribution in [0.2, 0.25) is 0 Å². The van der Waals surface area contributed by atoms with Gasteiger partial charge in [0.15, 0.2) is 0 Å². The molecule has 0 aliphatic rings. The fourth-order valence-corrected chi connectivity index (χ4v) is 5.01. The third-order valence-electron chi connectivity index (χ3n) is 2.26. The minimum absolute atomic E-state index is 0.815. The van der Waals surface area contributed by atoms with Crippen LogP contribution in [0.4, 0.5) is 0 Å². The summed E-state index contributed by atoms with van der Waals surface area (Å²) in [6.45, 7) is 8.96. The van der Waals surface area contributed by atoms with Gasteiger partial charge in [-0.05, 0) is 0 Å². The monoisotopic (exact) mass is 340 g/mol. The minimum atomic E-state index is -2.53. The fraction of sp³-hybridized carbons (Fsp3) is 1.00. The molecule has 0 fully saturated rings. The van der Waals surface area contributed by atoms with Crippen molar-refractivity contribution in [2.45, 2.75) is 59.3 Å².